The van der Waals surface area contributed by atoms with Crippen LogP contribution in [0.4, 0.5) is 5.69 Å². The minimum atomic E-state index is -0.557. The van der Waals surface area contributed by atoms with Crippen molar-refractivity contribution in [1.82, 2.24) is 10.3 Å². The largest absolute Gasteiger partial charge is 0.474 e. The quantitative estimate of drug-likeness (QED) is 0.665. The summed E-state index contributed by atoms with van der Waals surface area (Å²) in [6.45, 7) is 3.76. The van der Waals surface area contributed by atoms with Crippen LogP contribution < -0.4 is 10.1 Å². The van der Waals surface area contributed by atoms with Gasteiger partial charge in [-0.2, -0.15) is 0 Å². The van der Waals surface area contributed by atoms with E-state index in [9.17, 15) is 10.1 Å². The Morgan fingerprint density at radius 3 is 3.11 bits per heavy atom. The van der Waals surface area contributed by atoms with Gasteiger partial charge in [0.15, 0.2) is 0 Å². The molecule has 2 atom stereocenters. The van der Waals surface area contributed by atoms with E-state index in [1.807, 2.05) is 6.92 Å². The van der Waals surface area contributed by atoms with Crippen LogP contribution in [0.1, 0.15) is 6.92 Å². The summed E-state index contributed by atoms with van der Waals surface area (Å²) in [4.78, 5) is 13.8. The number of rotatable bonds is 4. The van der Waals surface area contributed by atoms with Crippen molar-refractivity contribution in [3.8, 4) is 5.88 Å². The molecule has 1 N–H and O–H groups in total. The topological polar surface area (TPSA) is 86.5 Å². The first-order valence-corrected chi connectivity index (χ1v) is 6.23. The van der Waals surface area contributed by atoms with Crippen LogP contribution in [0.25, 0.3) is 0 Å². The molecule has 1 fully saturated rings. The standard InChI is InChI=1S/C11H14ClN3O4/c1-7-3-13-5-9(19-7)6-18-11-10(12)2-8(4-14-11)15(16)17/h2,4,7,9,13H,3,5-6H2,1H3. The van der Waals surface area contributed by atoms with Crippen molar-refractivity contribution < 1.29 is 14.4 Å². The van der Waals surface area contributed by atoms with E-state index < -0.39 is 4.92 Å². The number of nitrogens with one attached hydrogen (secondary N) is 1. The van der Waals surface area contributed by atoms with Gasteiger partial charge in [-0.05, 0) is 6.92 Å². The van der Waals surface area contributed by atoms with Crippen LogP contribution in [0.2, 0.25) is 5.02 Å². The minimum Gasteiger partial charge on any atom is -0.474 e. The van der Waals surface area contributed by atoms with Crippen molar-refractivity contribution in [3.63, 3.8) is 0 Å². The summed E-state index contributed by atoms with van der Waals surface area (Å²) < 4.78 is 11.1. The van der Waals surface area contributed by atoms with Gasteiger partial charge in [-0.3, -0.25) is 10.1 Å². The van der Waals surface area contributed by atoms with E-state index >= 15 is 0 Å². The van der Waals surface area contributed by atoms with Crippen molar-refractivity contribution in [2.75, 3.05) is 19.7 Å². The summed E-state index contributed by atoms with van der Waals surface area (Å²) in [6, 6.07) is 1.21. The minimum absolute atomic E-state index is 0.0863. The molecule has 1 aliphatic rings. The highest BCUT2D eigenvalue weighted by molar-refractivity contribution is 6.32. The average Bonchev–Trinajstić information content (AvgIpc) is 2.37. The summed E-state index contributed by atoms with van der Waals surface area (Å²) in [5.74, 6) is 0.175. The fourth-order valence-electron chi connectivity index (χ4n) is 1.76. The molecule has 0 saturated carbocycles. The number of morpholine rings is 1. The van der Waals surface area contributed by atoms with Gasteiger partial charge >= 0.3 is 0 Å². The Balaban J connectivity index is 1.94. The maximum Gasteiger partial charge on any atom is 0.289 e. The molecule has 8 heteroatoms. The van der Waals surface area contributed by atoms with E-state index in [0.717, 1.165) is 12.7 Å². The Morgan fingerprint density at radius 1 is 1.68 bits per heavy atom. The highest BCUT2D eigenvalue weighted by Gasteiger charge is 2.20. The Kier molecular flexibility index (Phi) is 4.52. The van der Waals surface area contributed by atoms with Gasteiger partial charge in [0, 0.05) is 19.2 Å². The van der Waals surface area contributed by atoms with Crippen LogP contribution in [0.3, 0.4) is 0 Å². The van der Waals surface area contributed by atoms with Crippen LogP contribution in [-0.2, 0) is 4.74 Å². The van der Waals surface area contributed by atoms with Crippen molar-refractivity contribution in [3.05, 3.63) is 27.4 Å². The number of pyridine rings is 1. The molecule has 0 spiro atoms. The first-order valence-electron chi connectivity index (χ1n) is 5.85. The third-order valence-electron chi connectivity index (χ3n) is 2.64. The summed E-state index contributed by atoms with van der Waals surface area (Å²) in [5.41, 5.74) is -0.165. The fourth-order valence-corrected chi connectivity index (χ4v) is 1.98. The highest BCUT2D eigenvalue weighted by Crippen LogP contribution is 2.25. The lowest BCUT2D eigenvalue weighted by Crippen LogP contribution is -2.45. The second kappa shape index (κ2) is 6.14. The van der Waals surface area contributed by atoms with Gasteiger partial charge in [0.2, 0.25) is 5.88 Å². The highest BCUT2D eigenvalue weighted by atomic mass is 35.5. The zero-order chi connectivity index (χ0) is 13.8. The zero-order valence-corrected chi connectivity index (χ0v) is 11.1. The molecule has 2 heterocycles. The second-order valence-electron chi connectivity index (χ2n) is 4.28. The fraction of sp³-hybridized carbons (Fsp3) is 0.545. The molecule has 0 bridgehead atoms. The first-order chi connectivity index (χ1) is 9.06. The van der Waals surface area contributed by atoms with Gasteiger partial charge in [-0.15, -0.1) is 0 Å². The normalized spacial score (nSPS) is 23.1. The maximum absolute atomic E-state index is 10.5. The van der Waals surface area contributed by atoms with Gasteiger partial charge in [0.1, 0.15) is 23.9 Å². The van der Waals surface area contributed by atoms with E-state index in [4.69, 9.17) is 21.1 Å². The van der Waals surface area contributed by atoms with Gasteiger partial charge in [-0.25, -0.2) is 4.98 Å². The van der Waals surface area contributed by atoms with Crippen LogP contribution in [0.5, 0.6) is 5.88 Å². The third kappa shape index (κ3) is 3.76. The molecule has 2 unspecified atom stereocenters. The number of nitrogens with zero attached hydrogens (tertiary/aromatic N) is 2. The number of nitro groups is 1. The van der Waals surface area contributed by atoms with Gasteiger partial charge in [0.25, 0.3) is 5.69 Å². The number of hydrogen-bond acceptors (Lipinski definition) is 6. The lowest BCUT2D eigenvalue weighted by molar-refractivity contribution is -0.385. The zero-order valence-electron chi connectivity index (χ0n) is 10.3. The van der Waals surface area contributed by atoms with Gasteiger partial charge < -0.3 is 14.8 Å². The van der Waals surface area contributed by atoms with E-state index in [0.29, 0.717) is 13.2 Å². The van der Waals surface area contributed by atoms with Crippen molar-refractivity contribution >= 4 is 17.3 Å². The van der Waals surface area contributed by atoms with Crippen LogP contribution in [-0.4, -0.2) is 41.8 Å². The smallest absolute Gasteiger partial charge is 0.289 e. The Labute approximate surface area is 115 Å². The number of hydrogen-bond donors (Lipinski definition) is 1. The molecule has 1 saturated heterocycles. The monoisotopic (exact) mass is 287 g/mol. The summed E-state index contributed by atoms with van der Waals surface area (Å²) in [7, 11) is 0. The molecule has 19 heavy (non-hydrogen) atoms. The molecule has 1 aromatic rings. The predicted octanol–water partition coefficient (Wildman–Crippen LogP) is 1.40. The number of aromatic nitrogens is 1. The molecule has 0 amide bonds. The van der Waals surface area contributed by atoms with Crippen LogP contribution in [0.15, 0.2) is 12.3 Å². The average molecular weight is 288 g/mol. The van der Waals surface area contributed by atoms with Gasteiger partial charge in [0.05, 0.1) is 11.0 Å². The summed E-state index contributed by atoms with van der Waals surface area (Å²) in [6.07, 6.45) is 1.16. The summed E-state index contributed by atoms with van der Waals surface area (Å²) in [5, 5.41) is 13.9. The molecule has 1 aromatic heterocycles. The molecule has 0 aliphatic carbocycles. The molecule has 2 rings (SSSR count). The Hall–Kier alpha value is -1.44. The SMILES string of the molecule is CC1CNCC(COc2ncc([N+](=O)[O-])cc2Cl)O1. The van der Waals surface area contributed by atoms with Crippen LogP contribution >= 0.6 is 11.6 Å². The lowest BCUT2D eigenvalue weighted by atomic mass is 10.2. The van der Waals surface area contributed by atoms with E-state index in [2.05, 4.69) is 10.3 Å². The number of ether oxygens (including phenoxy) is 2. The van der Waals surface area contributed by atoms with E-state index in [1.54, 1.807) is 0 Å². The lowest BCUT2D eigenvalue weighted by Gasteiger charge is -2.28. The predicted molar refractivity (Wildman–Crippen MR) is 68.6 cm³/mol. The molecular formula is C11H14ClN3O4. The van der Waals surface area contributed by atoms with Crippen LogP contribution in [0, 0.1) is 10.1 Å². The molecule has 7 nitrogen and oxygen atoms in total. The van der Waals surface area contributed by atoms with Crippen molar-refractivity contribution in [2.45, 2.75) is 19.1 Å². The molecule has 0 radical (unpaired) electrons. The van der Waals surface area contributed by atoms with E-state index in [1.165, 1.54) is 6.07 Å². The Morgan fingerprint density at radius 2 is 2.47 bits per heavy atom. The van der Waals surface area contributed by atoms with Crippen molar-refractivity contribution in [2.24, 2.45) is 0 Å². The van der Waals surface area contributed by atoms with Gasteiger partial charge in [-0.1, -0.05) is 11.6 Å². The van der Waals surface area contributed by atoms with E-state index in [-0.39, 0.29) is 28.8 Å². The maximum atomic E-state index is 10.5. The molecule has 1 aliphatic heterocycles. The number of halogens is 1. The second-order valence-corrected chi connectivity index (χ2v) is 4.68. The summed E-state index contributed by atoms with van der Waals surface area (Å²) >= 11 is 5.87. The molecule has 104 valence electrons. The molecular weight excluding hydrogens is 274 g/mol. The Bertz CT molecular complexity index is 471. The molecule has 0 aromatic carbocycles. The first kappa shape index (κ1) is 14.0. The van der Waals surface area contributed by atoms with Crippen molar-refractivity contribution in [1.29, 1.82) is 0 Å². The third-order valence-corrected chi connectivity index (χ3v) is 2.91.